The number of carboxylic acids is 1. The average Bonchev–Trinajstić information content (AvgIpc) is 1.88. The fourth-order valence-electron chi connectivity index (χ4n) is 0.632. The largest absolute Gasteiger partial charge is 1.00 e. The fourth-order valence-corrected chi connectivity index (χ4v) is 0.632. The molecule has 0 fully saturated rings. The SMILES string of the molecule is NCCCC[C@H](N)C(=O)O.[H-].[K+]. The van der Waals surface area contributed by atoms with Crippen LogP contribution in [0.1, 0.15) is 20.7 Å². The van der Waals surface area contributed by atoms with E-state index in [9.17, 15) is 4.79 Å². The first-order valence-corrected chi connectivity index (χ1v) is 3.37. The van der Waals surface area contributed by atoms with Gasteiger partial charge < -0.3 is 18.0 Å². The number of unbranched alkanes of at least 4 members (excludes halogenated alkanes) is 1. The Labute approximate surface area is 111 Å². The average molecular weight is 186 g/mol. The summed E-state index contributed by atoms with van der Waals surface area (Å²) >= 11 is 0. The van der Waals surface area contributed by atoms with Gasteiger partial charge in [-0.25, -0.2) is 0 Å². The predicted octanol–water partition coefficient (Wildman–Crippen LogP) is -3.36. The molecule has 1 atom stereocenters. The molecule has 4 nitrogen and oxygen atoms in total. The molecule has 0 amide bonds. The van der Waals surface area contributed by atoms with Crippen molar-refractivity contribution < 1.29 is 62.7 Å². The summed E-state index contributed by atoms with van der Waals surface area (Å²) in [5, 5.41) is 8.33. The minimum atomic E-state index is -0.933. The van der Waals surface area contributed by atoms with E-state index in [1.807, 2.05) is 0 Å². The summed E-state index contributed by atoms with van der Waals surface area (Å²) in [5.74, 6) is -0.933. The van der Waals surface area contributed by atoms with Crippen LogP contribution >= 0.6 is 0 Å². The molecule has 0 rings (SSSR count). The van der Waals surface area contributed by atoms with Gasteiger partial charge in [0.05, 0.1) is 0 Å². The summed E-state index contributed by atoms with van der Waals surface area (Å²) in [6.45, 7) is 0.604. The molecule has 0 saturated carbocycles. The molecule has 5 N–H and O–H groups in total. The molecular formula is C6H15KN2O2. The van der Waals surface area contributed by atoms with Crippen LogP contribution in [0.2, 0.25) is 0 Å². The van der Waals surface area contributed by atoms with Crippen LogP contribution in [-0.4, -0.2) is 23.7 Å². The van der Waals surface area contributed by atoms with E-state index in [1.54, 1.807) is 0 Å². The molecule has 62 valence electrons. The molecule has 5 heteroatoms. The van der Waals surface area contributed by atoms with Crippen molar-refractivity contribution >= 4 is 5.97 Å². The van der Waals surface area contributed by atoms with E-state index < -0.39 is 12.0 Å². The van der Waals surface area contributed by atoms with Gasteiger partial charge in [0.15, 0.2) is 0 Å². The van der Waals surface area contributed by atoms with Gasteiger partial charge in [-0.3, -0.25) is 4.79 Å². The standard InChI is InChI=1S/C6H14N2O2.K.H/c7-4-2-1-3-5(8)6(9)10;;/h5H,1-4,7-8H2,(H,9,10);;/q;+1;-1/t5-;;/m0../s1. The first-order valence-electron chi connectivity index (χ1n) is 3.37. The maximum atomic E-state index is 10.1. The first-order chi connectivity index (χ1) is 4.68. The second kappa shape index (κ2) is 9.12. The van der Waals surface area contributed by atoms with Gasteiger partial charge in [0, 0.05) is 0 Å². The molecule has 0 aromatic heterocycles. The second-order valence-corrected chi connectivity index (χ2v) is 2.23. The molecular weight excluding hydrogens is 171 g/mol. The molecule has 11 heavy (non-hydrogen) atoms. The van der Waals surface area contributed by atoms with Gasteiger partial charge in [0.2, 0.25) is 0 Å². The van der Waals surface area contributed by atoms with Crippen molar-refractivity contribution in [2.45, 2.75) is 25.3 Å². The van der Waals surface area contributed by atoms with Crippen molar-refractivity contribution in [2.24, 2.45) is 11.5 Å². The Morgan fingerprint density at radius 3 is 2.45 bits per heavy atom. The number of nitrogens with two attached hydrogens (primary N) is 2. The van der Waals surface area contributed by atoms with Crippen molar-refractivity contribution in [1.29, 1.82) is 0 Å². The van der Waals surface area contributed by atoms with Crippen molar-refractivity contribution in [3.05, 3.63) is 0 Å². The molecule has 0 radical (unpaired) electrons. The van der Waals surface area contributed by atoms with Crippen molar-refractivity contribution in [2.75, 3.05) is 6.54 Å². The molecule has 0 heterocycles. The van der Waals surface area contributed by atoms with E-state index in [0.29, 0.717) is 13.0 Å². The molecule has 0 saturated heterocycles. The molecule has 0 aliphatic rings. The zero-order valence-corrected chi connectivity index (χ0v) is 10.0. The maximum absolute atomic E-state index is 10.1. The summed E-state index contributed by atoms with van der Waals surface area (Å²) in [6.07, 6.45) is 2.16. The van der Waals surface area contributed by atoms with E-state index >= 15 is 0 Å². The Bertz CT molecular complexity index is 116. The topological polar surface area (TPSA) is 89.3 Å². The third-order valence-corrected chi connectivity index (χ3v) is 1.29. The molecule has 0 unspecified atom stereocenters. The van der Waals surface area contributed by atoms with Crippen LogP contribution in [0.5, 0.6) is 0 Å². The van der Waals surface area contributed by atoms with Crippen molar-refractivity contribution in [3.8, 4) is 0 Å². The summed E-state index contributed by atoms with van der Waals surface area (Å²) < 4.78 is 0. The quantitative estimate of drug-likeness (QED) is 0.309. The van der Waals surface area contributed by atoms with E-state index in [2.05, 4.69) is 0 Å². The number of rotatable bonds is 5. The maximum Gasteiger partial charge on any atom is 1.00 e. The molecule has 0 spiro atoms. The monoisotopic (exact) mass is 186 g/mol. The predicted molar refractivity (Wildman–Crippen MR) is 39.6 cm³/mol. The third-order valence-electron chi connectivity index (χ3n) is 1.29. The molecule has 0 aliphatic carbocycles. The number of hydrogen-bond donors (Lipinski definition) is 3. The third kappa shape index (κ3) is 8.94. The zero-order valence-electron chi connectivity index (χ0n) is 7.92. The van der Waals surface area contributed by atoms with E-state index in [0.717, 1.165) is 12.8 Å². The van der Waals surface area contributed by atoms with Gasteiger partial charge in [-0.2, -0.15) is 0 Å². The van der Waals surface area contributed by atoms with E-state index in [4.69, 9.17) is 16.6 Å². The van der Waals surface area contributed by atoms with E-state index in [-0.39, 0.29) is 52.8 Å². The summed E-state index contributed by atoms with van der Waals surface area (Å²) in [7, 11) is 0. The molecule has 0 aromatic rings. The van der Waals surface area contributed by atoms with Crippen molar-refractivity contribution in [1.82, 2.24) is 0 Å². The first kappa shape index (κ1) is 14.5. The summed E-state index contributed by atoms with van der Waals surface area (Å²) in [5.41, 5.74) is 10.4. The van der Waals surface area contributed by atoms with E-state index in [1.165, 1.54) is 0 Å². The van der Waals surface area contributed by atoms with Gasteiger partial charge in [-0.1, -0.05) is 6.42 Å². The van der Waals surface area contributed by atoms with Crippen LogP contribution in [0, 0.1) is 0 Å². The van der Waals surface area contributed by atoms with Gasteiger partial charge in [0.25, 0.3) is 0 Å². The Hall–Kier alpha value is 1.03. The summed E-state index contributed by atoms with van der Waals surface area (Å²) in [6, 6.07) is -0.716. The Morgan fingerprint density at radius 2 is 2.09 bits per heavy atom. The smallest absolute Gasteiger partial charge is 1.00 e. The minimum Gasteiger partial charge on any atom is -1.00 e. The van der Waals surface area contributed by atoms with Gasteiger partial charge in [0.1, 0.15) is 6.04 Å². The number of carboxylic acid groups (broad SMARTS) is 1. The van der Waals surface area contributed by atoms with Crippen LogP contribution < -0.4 is 62.9 Å². The van der Waals surface area contributed by atoms with Crippen LogP contribution in [0.3, 0.4) is 0 Å². The number of aliphatic carboxylic acids is 1. The van der Waals surface area contributed by atoms with Crippen LogP contribution in [0.4, 0.5) is 0 Å². The van der Waals surface area contributed by atoms with Gasteiger partial charge in [-0.15, -0.1) is 0 Å². The molecule has 0 aliphatic heterocycles. The number of carbonyl (C=O) groups is 1. The van der Waals surface area contributed by atoms with Crippen molar-refractivity contribution in [3.63, 3.8) is 0 Å². The fraction of sp³-hybridized carbons (Fsp3) is 0.833. The normalized spacial score (nSPS) is 11.8. The van der Waals surface area contributed by atoms with Gasteiger partial charge >= 0.3 is 57.4 Å². The zero-order chi connectivity index (χ0) is 7.98. The van der Waals surface area contributed by atoms with Crippen LogP contribution in [-0.2, 0) is 4.79 Å². The Balaban J connectivity index is -0.000000405. The Morgan fingerprint density at radius 1 is 1.55 bits per heavy atom. The molecule has 0 aromatic carbocycles. The summed E-state index contributed by atoms with van der Waals surface area (Å²) in [4.78, 5) is 10.1. The van der Waals surface area contributed by atoms with Gasteiger partial charge in [-0.05, 0) is 19.4 Å². The molecule has 0 bridgehead atoms. The number of hydrogen-bond acceptors (Lipinski definition) is 3. The Kier molecular flexibility index (Phi) is 12.1. The van der Waals surface area contributed by atoms with Crippen LogP contribution in [0.15, 0.2) is 0 Å². The minimum absolute atomic E-state index is 0. The van der Waals surface area contributed by atoms with Crippen LogP contribution in [0.25, 0.3) is 0 Å². The second-order valence-electron chi connectivity index (χ2n) is 2.23.